The van der Waals surface area contributed by atoms with Gasteiger partial charge < -0.3 is 14.5 Å². The molecule has 0 aromatic carbocycles. The number of likely N-dealkylation sites (tertiary alicyclic amines) is 1. The SMILES string of the molecule is O=C1CCCCN1C1CCN2c3ncc(Cl)cc3OCCC2C1. The molecule has 124 valence electrons. The molecule has 3 aliphatic rings. The van der Waals surface area contributed by atoms with Crippen molar-refractivity contribution in [2.75, 3.05) is 24.6 Å². The number of fused-ring (bicyclic) bond motifs is 3. The normalized spacial score (nSPS) is 27.8. The van der Waals surface area contributed by atoms with Crippen LogP contribution in [0.15, 0.2) is 12.3 Å². The van der Waals surface area contributed by atoms with Crippen molar-refractivity contribution in [3.05, 3.63) is 17.3 Å². The van der Waals surface area contributed by atoms with Crippen LogP contribution in [-0.4, -0.2) is 47.6 Å². The van der Waals surface area contributed by atoms with Crippen LogP contribution in [0.4, 0.5) is 5.82 Å². The number of ether oxygens (including phenoxy) is 1. The number of carbonyl (C=O) groups excluding carboxylic acids is 1. The molecule has 1 aromatic rings. The van der Waals surface area contributed by atoms with Gasteiger partial charge in [-0.3, -0.25) is 4.79 Å². The smallest absolute Gasteiger partial charge is 0.222 e. The Morgan fingerprint density at radius 1 is 1.17 bits per heavy atom. The van der Waals surface area contributed by atoms with Crippen LogP contribution >= 0.6 is 11.6 Å². The fourth-order valence-electron chi connectivity index (χ4n) is 4.12. The first-order valence-corrected chi connectivity index (χ1v) is 8.94. The summed E-state index contributed by atoms with van der Waals surface area (Å²) < 4.78 is 5.85. The molecule has 1 amide bonds. The average molecular weight is 336 g/mol. The first-order chi connectivity index (χ1) is 11.2. The van der Waals surface area contributed by atoms with Crippen molar-refractivity contribution in [3.8, 4) is 5.75 Å². The summed E-state index contributed by atoms with van der Waals surface area (Å²) in [5, 5.41) is 0.607. The molecule has 2 fully saturated rings. The molecule has 3 aliphatic heterocycles. The maximum atomic E-state index is 12.2. The molecule has 5 nitrogen and oxygen atoms in total. The molecule has 2 saturated heterocycles. The molecule has 0 N–H and O–H groups in total. The molecule has 4 heterocycles. The Morgan fingerprint density at radius 2 is 2.04 bits per heavy atom. The van der Waals surface area contributed by atoms with Gasteiger partial charge in [0, 0.05) is 50.3 Å². The van der Waals surface area contributed by atoms with E-state index >= 15 is 0 Å². The largest absolute Gasteiger partial charge is 0.490 e. The van der Waals surface area contributed by atoms with E-state index in [-0.39, 0.29) is 0 Å². The molecule has 0 aliphatic carbocycles. The van der Waals surface area contributed by atoms with Crippen LogP contribution < -0.4 is 9.64 Å². The number of halogens is 1. The quantitative estimate of drug-likeness (QED) is 0.791. The molecule has 0 spiro atoms. The fourth-order valence-corrected chi connectivity index (χ4v) is 4.27. The molecule has 0 radical (unpaired) electrons. The van der Waals surface area contributed by atoms with Crippen LogP contribution in [0.5, 0.6) is 5.75 Å². The van der Waals surface area contributed by atoms with Crippen LogP contribution in [0.1, 0.15) is 38.5 Å². The molecule has 1 aromatic heterocycles. The summed E-state index contributed by atoms with van der Waals surface area (Å²) >= 11 is 6.04. The maximum Gasteiger partial charge on any atom is 0.222 e. The lowest BCUT2D eigenvalue weighted by molar-refractivity contribution is -0.136. The summed E-state index contributed by atoms with van der Waals surface area (Å²) in [7, 11) is 0. The number of pyridine rings is 1. The minimum Gasteiger partial charge on any atom is -0.490 e. The molecule has 0 saturated carbocycles. The Hall–Kier alpha value is -1.49. The Morgan fingerprint density at radius 3 is 2.91 bits per heavy atom. The van der Waals surface area contributed by atoms with Crippen molar-refractivity contribution < 1.29 is 9.53 Å². The maximum absolute atomic E-state index is 12.2. The Bertz CT molecular complexity index is 610. The van der Waals surface area contributed by atoms with E-state index in [1.54, 1.807) is 6.20 Å². The van der Waals surface area contributed by atoms with Gasteiger partial charge in [-0.2, -0.15) is 0 Å². The zero-order valence-corrected chi connectivity index (χ0v) is 14.0. The highest BCUT2D eigenvalue weighted by Crippen LogP contribution is 2.37. The van der Waals surface area contributed by atoms with Gasteiger partial charge in [0.05, 0.1) is 11.6 Å². The predicted molar refractivity (Wildman–Crippen MR) is 89.1 cm³/mol. The summed E-state index contributed by atoms with van der Waals surface area (Å²) in [4.78, 5) is 21.2. The zero-order chi connectivity index (χ0) is 15.8. The number of hydrogen-bond acceptors (Lipinski definition) is 4. The number of nitrogens with zero attached hydrogens (tertiary/aromatic N) is 3. The number of hydrogen-bond donors (Lipinski definition) is 0. The molecule has 2 atom stereocenters. The van der Waals surface area contributed by atoms with Gasteiger partial charge in [-0.25, -0.2) is 4.98 Å². The second-order valence-electron chi connectivity index (χ2n) is 6.68. The standard InChI is InChI=1S/C17H22ClN3O2/c18-12-9-15-17(19-11-12)21-7-4-13(10-14(21)5-8-23-15)20-6-2-1-3-16(20)22/h9,11,13-14H,1-8,10H2. The number of piperidine rings is 2. The van der Waals surface area contributed by atoms with Gasteiger partial charge in [0.2, 0.25) is 5.91 Å². The lowest BCUT2D eigenvalue weighted by Gasteiger charge is -2.44. The van der Waals surface area contributed by atoms with E-state index in [1.165, 1.54) is 0 Å². The van der Waals surface area contributed by atoms with Gasteiger partial charge in [0.25, 0.3) is 0 Å². The minimum atomic E-state index is 0.338. The summed E-state index contributed by atoms with van der Waals surface area (Å²) in [5.74, 6) is 2.03. The van der Waals surface area contributed by atoms with E-state index < -0.39 is 0 Å². The minimum absolute atomic E-state index is 0.338. The van der Waals surface area contributed by atoms with E-state index in [2.05, 4.69) is 14.8 Å². The lowest BCUT2D eigenvalue weighted by atomic mass is 9.92. The zero-order valence-electron chi connectivity index (χ0n) is 13.2. The number of aromatic nitrogens is 1. The summed E-state index contributed by atoms with van der Waals surface area (Å²) in [6.45, 7) is 2.53. The van der Waals surface area contributed by atoms with E-state index in [0.29, 0.717) is 29.6 Å². The number of rotatable bonds is 1. The third-order valence-corrected chi connectivity index (χ3v) is 5.48. The average Bonchev–Trinajstić information content (AvgIpc) is 2.73. The molecule has 2 unspecified atom stereocenters. The predicted octanol–water partition coefficient (Wildman–Crippen LogP) is 2.87. The molecular formula is C17H22ClN3O2. The van der Waals surface area contributed by atoms with Crippen molar-refractivity contribution >= 4 is 23.3 Å². The Balaban J connectivity index is 1.54. The van der Waals surface area contributed by atoms with Crippen LogP contribution in [0.2, 0.25) is 5.02 Å². The topological polar surface area (TPSA) is 45.7 Å². The second-order valence-corrected chi connectivity index (χ2v) is 7.12. The van der Waals surface area contributed by atoms with Crippen LogP contribution in [0.3, 0.4) is 0 Å². The van der Waals surface area contributed by atoms with Gasteiger partial charge in [-0.05, 0) is 25.7 Å². The van der Waals surface area contributed by atoms with Crippen molar-refractivity contribution in [2.45, 2.75) is 50.6 Å². The summed E-state index contributed by atoms with van der Waals surface area (Å²) in [5.41, 5.74) is 0. The van der Waals surface area contributed by atoms with E-state index in [4.69, 9.17) is 16.3 Å². The highest BCUT2D eigenvalue weighted by Gasteiger charge is 2.37. The number of anilines is 1. The first-order valence-electron chi connectivity index (χ1n) is 8.57. The highest BCUT2D eigenvalue weighted by molar-refractivity contribution is 6.30. The summed E-state index contributed by atoms with van der Waals surface area (Å²) in [6, 6.07) is 2.61. The van der Waals surface area contributed by atoms with Crippen LogP contribution in [-0.2, 0) is 4.79 Å². The van der Waals surface area contributed by atoms with Gasteiger partial charge in [0.1, 0.15) is 0 Å². The van der Waals surface area contributed by atoms with Crippen molar-refractivity contribution in [2.24, 2.45) is 0 Å². The van der Waals surface area contributed by atoms with Gasteiger partial charge in [0.15, 0.2) is 11.6 Å². The third kappa shape index (κ3) is 2.87. The van der Waals surface area contributed by atoms with Crippen LogP contribution in [0.25, 0.3) is 0 Å². The van der Waals surface area contributed by atoms with Crippen molar-refractivity contribution in [1.82, 2.24) is 9.88 Å². The monoisotopic (exact) mass is 335 g/mol. The second kappa shape index (κ2) is 6.19. The number of amides is 1. The molecule has 4 rings (SSSR count). The molecule has 0 bridgehead atoms. The van der Waals surface area contributed by atoms with E-state index in [0.717, 1.165) is 63.2 Å². The Kier molecular flexibility index (Phi) is 4.05. The van der Waals surface area contributed by atoms with E-state index in [1.807, 2.05) is 6.07 Å². The highest BCUT2D eigenvalue weighted by atomic mass is 35.5. The Labute approximate surface area is 141 Å². The van der Waals surface area contributed by atoms with Gasteiger partial charge >= 0.3 is 0 Å². The van der Waals surface area contributed by atoms with E-state index in [9.17, 15) is 4.79 Å². The van der Waals surface area contributed by atoms with Crippen LogP contribution in [0, 0.1) is 0 Å². The third-order valence-electron chi connectivity index (χ3n) is 5.27. The fraction of sp³-hybridized carbons (Fsp3) is 0.647. The molecule has 23 heavy (non-hydrogen) atoms. The first kappa shape index (κ1) is 15.1. The van der Waals surface area contributed by atoms with Gasteiger partial charge in [-0.1, -0.05) is 11.6 Å². The summed E-state index contributed by atoms with van der Waals surface area (Å²) in [6.07, 6.45) is 7.58. The van der Waals surface area contributed by atoms with Crippen molar-refractivity contribution in [3.63, 3.8) is 0 Å². The van der Waals surface area contributed by atoms with Crippen molar-refractivity contribution in [1.29, 1.82) is 0 Å². The molecular weight excluding hydrogens is 314 g/mol. The molecule has 6 heteroatoms. The lowest BCUT2D eigenvalue weighted by Crippen LogP contribution is -2.53. The number of carbonyl (C=O) groups is 1. The van der Waals surface area contributed by atoms with Gasteiger partial charge in [-0.15, -0.1) is 0 Å².